The van der Waals surface area contributed by atoms with Crippen LogP contribution in [0.4, 0.5) is 9.52 Å². The molecule has 0 aliphatic carbocycles. The fourth-order valence-electron chi connectivity index (χ4n) is 1.78. The molecule has 0 saturated heterocycles. The van der Waals surface area contributed by atoms with Crippen molar-refractivity contribution in [1.29, 1.82) is 0 Å². The Morgan fingerprint density at radius 1 is 1.05 bits per heavy atom. The first kappa shape index (κ1) is 11.7. The lowest BCUT2D eigenvalue weighted by Gasteiger charge is -2.02. The van der Waals surface area contributed by atoms with Gasteiger partial charge in [-0.15, -0.1) is 0 Å². The Morgan fingerprint density at radius 3 is 2.53 bits per heavy atom. The van der Waals surface area contributed by atoms with E-state index >= 15 is 0 Å². The van der Waals surface area contributed by atoms with Crippen LogP contribution in [0.15, 0.2) is 42.9 Å². The molecule has 0 atom stereocenters. The van der Waals surface area contributed by atoms with E-state index in [1.807, 2.05) is 12.1 Å². The Labute approximate surface area is 112 Å². The highest BCUT2D eigenvalue weighted by molar-refractivity contribution is 7.19. The quantitative estimate of drug-likeness (QED) is 0.728. The topological polar surface area (TPSA) is 64.7 Å². The molecule has 0 bridgehead atoms. The van der Waals surface area contributed by atoms with E-state index in [1.54, 1.807) is 18.5 Å². The van der Waals surface area contributed by atoms with Crippen molar-refractivity contribution in [2.75, 3.05) is 5.73 Å². The molecular formula is C13H9FN4S. The normalized spacial score (nSPS) is 10.6. The van der Waals surface area contributed by atoms with Crippen LogP contribution in [0.2, 0.25) is 0 Å². The SMILES string of the molecule is Nc1nc(-c2ccncc2)c(-c2ccnc(F)c2)s1. The molecule has 94 valence electrons. The largest absolute Gasteiger partial charge is 0.375 e. The molecule has 2 N–H and O–H groups in total. The average Bonchev–Trinajstić information content (AvgIpc) is 2.82. The lowest BCUT2D eigenvalue weighted by Crippen LogP contribution is -1.86. The summed E-state index contributed by atoms with van der Waals surface area (Å²) in [6.07, 6.45) is 4.79. The second-order valence-corrected chi connectivity index (χ2v) is 4.86. The Bertz CT molecular complexity index is 712. The Kier molecular flexibility index (Phi) is 2.92. The number of rotatable bonds is 2. The molecule has 0 unspecified atom stereocenters. The van der Waals surface area contributed by atoms with Gasteiger partial charge in [-0.05, 0) is 18.2 Å². The van der Waals surface area contributed by atoms with Gasteiger partial charge in [0.15, 0.2) is 5.13 Å². The van der Waals surface area contributed by atoms with E-state index in [1.165, 1.54) is 23.6 Å². The van der Waals surface area contributed by atoms with Crippen molar-refractivity contribution in [2.24, 2.45) is 0 Å². The minimum absolute atomic E-state index is 0.444. The number of nitrogens with zero attached hydrogens (tertiary/aromatic N) is 3. The number of halogens is 1. The number of aromatic nitrogens is 3. The molecule has 4 nitrogen and oxygen atoms in total. The first-order valence-electron chi connectivity index (χ1n) is 5.52. The minimum atomic E-state index is -0.523. The van der Waals surface area contributed by atoms with Gasteiger partial charge in [-0.25, -0.2) is 9.97 Å². The molecule has 19 heavy (non-hydrogen) atoms. The first-order chi connectivity index (χ1) is 9.24. The van der Waals surface area contributed by atoms with Crippen LogP contribution >= 0.6 is 11.3 Å². The number of hydrogen-bond acceptors (Lipinski definition) is 5. The summed E-state index contributed by atoms with van der Waals surface area (Å²) in [7, 11) is 0. The second kappa shape index (κ2) is 4.74. The van der Waals surface area contributed by atoms with Crippen LogP contribution in [0.25, 0.3) is 21.7 Å². The monoisotopic (exact) mass is 272 g/mol. The highest BCUT2D eigenvalue weighted by Crippen LogP contribution is 2.37. The Hall–Kier alpha value is -2.34. The standard InChI is InChI=1S/C13H9FN4S/c14-10-7-9(3-6-17-10)12-11(18-13(15)19-12)8-1-4-16-5-2-8/h1-7H,(H2,15,18). The molecule has 0 aliphatic rings. The zero-order chi connectivity index (χ0) is 13.2. The van der Waals surface area contributed by atoms with Crippen molar-refractivity contribution in [3.8, 4) is 21.7 Å². The molecule has 0 radical (unpaired) electrons. The fraction of sp³-hybridized carbons (Fsp3) is 0. The smallest absolute Gasteiger partial charge is 0.213 e. The molecule has 0 amide bonds. The predicted octanol–water partition coefficient (Wildman–Crippen LogP) is 2.99. The van der Waals surface area contributed by atoms with Crippen molar-refractivity contribution < 1.29 is 4.39 Å². The molecule has 0 fully saturated rings. The van der Waals surface area contributed by atoms with Gasteiger partial charge in [0.25, 0.3) is 0 Å². The third-order valence-electron chi connectivity index (χ3n) is 2.59. The molecule has 3 aromatic heterocycles. The van der Waals surface area contributed by atoms with E-state index in [-0.39, 0.29) is 0 Å². The molecule has 6 heteroatoms. The van der Waals surface area contributed by atoms with Gasteiger partial charge >= 0.3 is 0 Å². The van der Waals surface area contributed by atoms with E-state index in [2.05, 4.69) is 15.0 Å². The first-order valence-corrected chi connectivity index (χ1v) is 6.34. The number of pyridine rings is 2. The minimum Gasteiger partial charge on any atom is -0.375 e. The summed E-state index contributed by atoms with van der Waals surface area (Å²) >= 11 is 1.32. The summed E-state index contributed by atoms with van der Waals surface area (Å²) in [5.74, 6) is -0.523. The van der Waals surface area contributed by atoms with E-state index in [4.69, 9.17) is 5.73 Å². The van der Waals surface area contributed by atoms with Gasteiger partial charge in [-0.1, -0.05) is 11.3 Å². The van der Waals surface area contributed by atoms with Crippen molar-refractivity contribution in [3.05, 3.63) is 48.8 Å². The van der Waals surface area contributed by atoms with Crippen molar-refractivity contribution in [2.45, 2.75) is 0 Å². The Balaban J connectivity index is 2.18. The third kappa shape index (κ3) is 2.30. The van der Waals surface area contributed by atoms with Crippen molar-refractivity contribution in [1.82, 2.24) is 15.0 Å². The molecule has 0 spiro atoms. The van der Waals surface area contributed by atoms with Crippen LogP contribution in [-0.2, 0) is 0 Å². The van der Waals surface area contributed by atoms with Crippen LogP contribution in [-0.4, -0.2) is 15.0 Å². The summed E-state index contributed by atoms with van der Waals surface area (Å²) < 4.78 is 13.2. The predicted molar refractivity (Wildman–Crippen MR) is 72.9 cm³/mol. The fourth-order valence-corrected chi connectivity index (χ4v) is 2.63. The van der Waals surface area contributed by atoms with Crippen LogP contribution in [0.5, 0.6) is 0 Å². The zero-order valence-electron chi connectivity index (χ0n) is 9.75. The lowest BCUT2D eigenvalue weighted by molar-refractivity contribution is 0.584. The average molecular weight is 272 g/mol. The third-order valence-corrected chi connectivity index (χ3v) is 3.52. The number of anilines is 1. The second-order valence-electron chi connectivity index (χ2n) is 3.83. The van der Waals surface area contributed by atoms with E-state index in [0.717, 1.165) is 16.1 Å². The summed E-state index contributed by atoms with van der Waals surface area (Å²) in [6.45, 7) is 0. The lowest BCUT2D eigenvalue weighted by atomic mass is 10.1. The van der Waals surface area contributed by atoms with Crippen LogP contribution in [0, 0.1) is 5.95 Å². The van der Waals surface area contributed by atoms with E-state index < -0.39 is 5.95 Å². The van der Waals surface area contributed by atoms with E-state index in [0.29, 0.717) is 10.7 Å². The molecule has 0 aromatic carbocycles. The zero-order valence-corrected chi connectivity index (χ0v) is 10.6. The van der Waals surface area contributed by atoms with Gasteiger partial charge in [-0.2, -0.15) is 4.39 Å². The highest BCUT2D eigenvalue weighted by Gasteiger charge is 2.14. The molecule has 0 aliphatic heterocycles. The molecule has 3 heterocycles. The van der Waals surface area contributed by atoms with Crippen LogP contribution in [0.3, 0.4) is 0 Å². The van der Waals surface area contributed by atoms with E-state index in [9.17, 15) is 4.39 Å². The van der Waals surface area contributed by atoms with Gasteiger partial charge in [0.05, 0.1) is 10.6 Å². The molecular weight excluding hydrogens is 263 g/mol. The number of thiazole rings is 1. The van der Waals surface area contributed by atoms with Crippen molar-refractivity contribution >= 4 is 16.5 Å². The maximum atomic E-state index is 13.2. The van der Waals surface area contributed by atoms with Gasteiger partial charge in [0, 0.05) is 35.8 Å². The summed E-state index contributed by atoms with van der Waals surface area (Å²) in [5, 5.41) is 0.444. The summed E-state index contributed by atoms with van der Waals surface area (Å²) in [5.41, 5.74) is 8.12. The highest BCUT2D eigenvalue weighted by atomic mass is 32.1. The number of nitrogen functional groups attached to an aromatic ring is 1. The molecule has 0 saturated carbocycles. The van der Waals surface area contributed by atoms with Gasteiger partial charge in [-0.3, -0.25) is 4.98 Å². The molecule has 3 rings (SSSR count). The van der Waals surface area contributed by atoms with Gasteiger partial charge < -0.3 is 5.73 Å². The van der Waals surface area contributed by atoms with Crippen LogP contribution < -0.4 is 5.73 Å². The maximum absolute atomic E-state index is 13.2. The van der Waals surface area contributed by atoms with Gasteiger partial charge in [0.2, 0.25) is 5.95 Å². The summed E-state index contributed by atoms with van der Waals surface area (Å²) in [4.78, 5) is 12.7. The number of hydrogen-bond donors (Lipinski definition) is 1. The molecule has 3 aromatic rings. The maximum Gasteiger partial charge on any atom is 0.213 e. The van der Waals surface area contributed by atoms with Crippen molar-refractivity contribution in [3.63, 3.8) is 0 Å². The number of nitrogens with two attached hydrogens (primary N) is 1. The van der Waals surface area contributed by atoms with Gasteiger partial charge in [0.1, 0.15) is 0 Å². The van der Waals surface area contributed by atoms with Crippen LogP contribution in [0.1, 0.15) is 0 Å². The Morgan fingerprint density at radius 2 is 1.79 bits per heavy atom. The summed E-state index contributed by atoms with van der Waals surface area (Å²) in [6, 6.07) is 6.80.